The van der Waals surface area contributed by atoms with Crippen LogP contribution in [0.3, 0.4) is 0 Å². The van der Waals surface area contributed by atoms with Crippen molar-refractivity contribution in [3.8, 4) is 11.3 Å². The highest BCUT2D eigenvalue weighted by Gasteiger charge is 2.06. The van der Waals surface area contributed by atoms with Crippen molar-refractivity contribution < 1.29 is 0 Å². The van der Waals surface area contributed by atoms with E-state index in [1.807, 2.05) is 13.0 Å². The summed E-state index contributed by atoms with van der Waals surface area (Å²) < 4.78 is 0. The van der Waals surface area contributed by atoms with Gasteiger partial charge in [0, 0.05) is 30.4 Å². The Kier molecular flexibility index (Phi) is 2.10. The molecule has 2 rings (SSSR count). The zero-order chi connectivity index (χ0) is 9.97. The number of nitrogens with zero attached hydrogens (tertiary/aromatic N) is 2. The number of H-pyrrole nitrogens is 1. The third-order valence-electron chi connectivity index (χ3n) is 2.00. The van der Waals surface area contributed by atoms with Crippen LogP contribution < -0.4 is 5.56 Å². The first-order chi connectivity index (χ1) is 6.79. The molecule has 4 nitrogen and oxygen atoms in total. The molecule has 0 aliphatic rings. The molecular formula is C10H9N3O. The number of aromatic nitrogens is 3. The van der Waals surface area contributed by atoms with Gasteiger partial charge in [-0.05, 0) is 18.6 Å². The molecule has 0 saturated heterocycles. The minimum Gasteiger partial charge on any atom is -0.326 e. The van der Waals surface area contributed by atoms with Gasteiger partial charge in [-0.15, -0.1) is 0 Å². The van der Waals surface area contributed by atoms with Gasteiger partial charge in [0.2, 0.25) is 0 Å². The molecule has 0 bridgehead atoms. The lowest BCUT2D eigenvalue weighted by Crippen LogP contribution is -2.10. The SMILES string of the molecule is Cc1ccncc1-c1ncc[nH]c1=O. The predicted octanol–water partition coefficient (Wildman–Crippen LogP) is 1.14. The number of rotatable bonds is 1. The van der Waals surface area contributed by atoms with Gasteiger partial charge in [0.05, 0.1) is 0 Å². The Hall–Kier alpha value is -1.97. The number of hydrogen-bond donors (Lipinski definition) is 1. The number of nitrogens with one attached hydrogen (secondary N) is 1. The van der Waals surface area contributed by atoms with Crippen molar-refractivity contribution in [3.63, 3.8) is 0 Å². The summed E-state index contributed by atoms with van der Waals surface area (Å²) in [6.07, 6.45) is 6.41. The van der Waals surface area contributed by atoms with E-state index in [1.54, 1.807) is 18.6 Å². The highest BCUT2D eigenvalue weighted by Crippen LogP contribution is 2.15. The summed E-state index contributed by atoms with van der Waals surface area (Å²) in [5, 5.41) is 0. The maximum atomic E-state index is 11.4. The minimum absolute atomic E-state index is 0.191. The molecule has 4 heteroatoms. The van der Waals surface area contributed by atoms with Gasteiger partial charge < -0.3 is 4.98 Å². The van der Waals surface area contributed by atoms with Crippen molar-refractivity contribution in [1.82, 2.24) is 15.0 Å². The molecule has 0 radical (unpaired) electrons. The van der Waals surface area contributed by atoms with Crippen LogP contribution in [0, 0.1) is 6.92 Å². The number of hydrogen-bond acceptors (Lipinski definition) is 3. The van der Waals surface area contributed by atoms with E-state index >= 15 is 0 Å². The summed E-state index contributed by atoms with van der Waals surface area (Å²) in [5.74, 6) is 0. The summed E-state index contributed by atoms with van der Waals surface area (Å²) in [7, 11) is 0. The van der Waals surface area contributed by atoms with Crippen LogP contribution in [0.1, 0.15) is 5.56 Å². The van der Waals surface area contributed by atoms with E-state index in [2.05, 4.69) is 15.0 Å². The van der Waals surface area contributed by atoms with E-state index in [4.69, 9.17) is 0 Å². The average Bonchev–Trinajstić information content (AvgIpc) is 2.20. The van der Waals surface area contributed by atoms with Gasteiger partial charge in [0.15, 0.2) is 0 Å². The Labute approximate surface area is 80.7 Å². The van der Waals surface area contributed by atoms with Crippen molar-refractivity contribution in [1.29, 1.82) is 0 Å². The molecule has 2 aromatic rings. The van der Waals surface area contributed by atoms with Crippen LogP contribution >= 0.6 is 0 Å². The van der Waals surface area contributed by atoms with Crippen molar-refractivity contribution in [2.45, 2.75) is 6.92 Å². The highest BCUT2D eigenvalue weighted by molar-refractivity contribution is 5.60. The molecule has 0 amide bonds. The first kappa shape index (κ1) is 8.62. The van der Waals surface area contributed by atoms with Gasteiger partial charge in [-0.25, -0.2) is 4.98 Å². The molecular weight excluding hydrogens is 178 g/mol. The molecule has 0 atom stereocenters. The largest absolute Gasteiger partial charge is 0.326 e. The van der Waals surface area contributed by atoms with Gasteiger partial charge in [-0.1, -0.05) is 0 Å². The standard InChI is InChI=1S/C10H9N3O/c1-7-2-3-11-6-8(7)9-10(14)13-5-4-12-9/h2-6H,1H3,(H,13,14). The Morgan fingerprint density at radius 2 is 2.21 bits per heavy atom. The van der Waals surface area contributed by atoms with Gasteiger partial charge in [-0.2, -0.15) is 0 Å². The van der Waals surface area contributed by atoms with Crippen LogP contribution in [-0.2, 0) is 0 Å². The normalized spacial score (nSPS) is 10.1. The molecule has 2 aromatic heterocycles. The van der Waals surface area contributed by atoms with E-state index in [9.17, 15) is 4.79 Å². The fourth-order valence-corrected chi connectivity index (χ4v) is 1.26. The van der Waals surface area contributed by atoms with Crippen molar-refractivity contribution in [2.75, 3.05) is 0 Å². The lowest BCUT2D eigenvalue weighted by atomic mass is 10.1. The number of pyridine rings is 1. The molecule has 0 aliphatic carbocycles. The van der Waals surface area contributed by atoms with Crippen LogP contribution in [0.5, 0.6) is 0 Å². The van der Waals surface area contributed by atoms with Crippen LogP contribution in [0.4, 0.5) is 0 Å². The van der Waals surface area contributed by atoms with E-state index in [-0.39, 0.29) is 5.56 Å². The zero-order valence-corrected chi connectivity index (χ0v) is 7.69. The van der Waals surface area contributed by atoms with Gasteiger partial charge in [0.1, 0.15) is 5.69 Å². The monoisotopic (exact) mass is 187 g/mol. The van der Waals surface area contributed by atoms with E-state index < -0.39 is 0 Å². The minimum atomic E-state index is -0.191. The molecule has 14 heavy (non-hydrogen) atoms. The first-order valence-electron chi connectivity index (χ1n) is 4.24. The van der Waals surface area contributed by atoms with Crippen LogP contribution in [0.2, 0.25) is 0 Å². The van der Waals surface area contributed by atoms with Crippen molar-refractivity contribution in [2.24, 2.45) is 0 Å². The molecule has 1 N–H and O–H groups in total. The van der Waals surface area contributed by atoms with Gasteiger partial charge in [-0.3, -0.25) is 9.78 Å². The fraction of sp³-hybridized carbons (Fsp3) is 0.100. The lowest BCUT2D eigenvalue weighted by Gasteiger charge is -2.01. The number of aryl methyl sites for hydroxylation is 1. The third-order valence-corrected chi connectivity index (χ3v) is 2.00. The van der Waals surface area contributed by atoms with Crippen molar-refractivity contribution >= 4 is 0 Å². The summed E-state index contributed by atoms with van der Waals surface area (Å²) in [6.45, 7) is 1.92. The van der Waals surface area contributed by atoms with Crippen LogP contribution in [0.15, 0.2) is 35.6 Å². The fourth-order valence-electron chi connectivity index (χ4n) is 1.26. The molecule has 70 valence electrons. The Bertz CT molecular complexity index is 504. The average molecular weight is 187 g/mol. The zero-order valence-electron chi connectivity index (χ0n) is 7.69. The summed E-state index contributed by atoms with van der Waals surface area (Å²) in [5.41, 5.74) is 1.99. The van der Waals surface area contributed by atoms with Gasteiger partial charge in [0.25, 0.3) is 5.56 Å². The predicted molar refractivity (Wildman–Crippen MR) is 52.8 cm³/mol. The second-order valence-electron chi connectivity index (χ2n) is 2.96. The van der Waals surface area contributed by atoms with Crippen LogP contribution in [0.25, 0.3) is 11.3 Å². The van der Waals surface area contributed by atoms with E-state index in [1.165, 1.54) is 6.20 Å². The molecule has 0 unspecified atom stereocenters. The summed E-state index contributed by atoms with van der Waals surface area (Å²) >= 11 is 0. The molecule has 2 heterocycles. The first-order valence-corrected chi connectivity index (χ1v) is 4.24. The smallest absolute Gasteiger partial charge is 0.274 e. The highest BCUT2D eigenvalue weighted by atomic mass is 16.1. The second-order valence-corrected chi connectivity index (χ2v) is 2.96. The lowest BCUT2D eigenvalue weighted by molar-refractivity contribution is 1.13. The Morgan fingerprint density at radius 3 is 2.93 bits per heavy atom. The number of aromatic amines is 1. The maximum Gasteiger partial charge on any atom is 0.274 e. The molecule has 0 fully saturated rings. The molecule has 0 aromatic carbocycles. The molecule has 0 saturated carbocycles. The Balaban J connectivity index is 2.67. The summed E-state index contributed by atoms with van der Waals surface area (Å²) in [6, 6.07) is 1.85. The second kappa shape index (κ2) is 3.41. The quantitative estimate of drug-likeness (QED) is 0.728. The third kappa shape index (κ3) is 1.42. The van der Waals surface area contributed by atoms with E-state index in [0.29, 0.717) is 5.69 Å². The molecule has 0 spiro atoms. The summed E-state index contributed by atoms with van der Waals surface area (Å²) in [4.78, 5) is 22.0. The molecule has 0 aliphatic heterocycles. The Morgan fingerprint density at radius 1 is 1.36 bits per heavy atom. The maximum absolute atomic E-state index is 11.4. The van der Waals surface area contributed by atoms with E-state index in [0.717, 1.165) is 11.1 Å². The van der Waals surface area contributed by atoms with Crippen molar-refractivity contribution in [3.05, 3.63) is 46.8 Å². The topological polar surface area (TPSA) is 58.6 Å². The van der Waals surface area contributed by atoms with Crippen LogP contribution in [-0.4, -0.2) is 15.0 Å². The van der Waals surface area contributed by atoms with Gasteiger partial charge >= 0.3 is 0 Å².